The molecule has 0 radical (unpaired) electrons. The standard InChI is InChI=1S/C21H18BrN5O5/c1-31-18-10-14(12-24-26-21-17(27(29)30)8-5-9-23-21)16(22)11-19(18)32-13-20(28)25-15-6-3-2-4-7-15/h2-12H,13H2,1H3,(H,23,26)(H,25,28)/b24-12-. The Kier molecular flexibility index (Phi) is 7.70. The maximum absolute atomic E-state index is 12.1. The average molecular weight is 500 g/mol. The summed E-state index contributed by atoms with van der Waals surface area (Å²) in [5.74, 6) is 0.432. The molecule has 0 fully saturated rings. The van der Waals surface area contributed by atoms with E-state index in [1.165, 1.54) is 31.7 Å². The molecule has 10 nitrogen and oxygen atoms in total. The smallest absolute Gasteiger partial charge is 0.313 e. The molecule has 32 heavy (non-hydrogen) atoms. The molecular weight excluding hydrogens is 482 g/mol. The van der Waals surface area contributed by atoms with Gasteiger partial charge in [-0.2, -0.15) is 5.10 Å². The van der Waals surface area contributed by atoms with Crippen molar-refractivity contribution in [2.24, 2.45) is 5.10 Å². The number of hydrazone groups is 1. The summed E-state index contributed by atoms with van der Waals surface area (Å²) >= 11 is 3.42. The zero-order chi connectivity index (χ0) is 22.9. The van der Waals surface area contributed by atoms with Crippen LogP contribution in [0.2, 0.25) is 0 Å². The summed E-state index contributed by atoms with van der Waals surface area (Å²) in [6.45, 7) is -0.212. The van der Waals surface area contributed by atoms with E-state index >= 15 is 0 Å². The Labute approximate surface area is 191 Å². The first-order valence-electron chi connectivity index (χ1n) is 9.21. The second-order valence-electron chi connectivity index (χ2n) is 6.23. The van der Waals surface area contributed by atoms with Crippen LogP contribution in [0.1, 0.15) is 5.56 Å². The minimum atomic E-state index is -0.552. The highest BCUT2D eigenvalue weighted by Crippen LogP contribution is 2.33. The van der Waals surface area contributed by atoms with Gasteiger partial charge in [0.25, 0.3) is 5.91 Å². The first-order chi connectivity index (χ1) is 15.5. The van der Waals surface area contributed by atoms with Crippen molar-refractivity contribution in [3.05, 3.63) is 80.9 Å². The van der Waals surface area contributed by atoms with Gasteiger partial charge in [0.1, 0.15) is 0 Å². The van der Waals surface area contributed by atoms with Gasteiger partial charge in [-0.05, 0) is 46.3 Å². The van der Waals surface area contributed by atoms with E-state index in [0.717, 1.165) is 0 Å². The van der Waals surface area contributed by atoms with Gasteiger partial charge in [-0.1, -0.05) is 18.2 Å². The molecule has 0 saturated carbocycles. The molecule has 0 bridgehead atoms. The lowest BCUT2D eigenvalue weighted by Gasteiger charge is -2.13. The van der Waals surface area contributed by atoms with Crippen molar-refractivity contribution < 1.29 is 19.2 Å². The molecular formula is C21H18BrN5O5. The highest BCUT2D eigenvalue weighted by molar-refractivity contribution is 9.10. The van der Waals surface area contributed by atoms with Gasteiger partial charge >= 0.3 is 5.69 Å². The van der Waals surface area contributed by atoms with E-state index in [2.05, 4.69) is 36.8 Å². The van der Waals surface area contributed by atoms with Crippen molar-refractivity contribution in [3.63, 3.8) is 0 Å². The molecule has 0 saturated heterocycles. The van der Waals surface area contributed by atoms with Crippen LogP contribution in [0, 0.1) is 10.1 Å². The minimum absolute atomic E-state index is 0.0150. The van der Waals surface area contributed by atoms with E-state index in [-0.39, 0.29) is 24.0 Å². The average Bonchev–Trinajstić information content (AvgIpc) is 2.79. The van der Waals surface area contributed by atoms with Gasteiger partial charge in [0.15, 0.2) is 18.1 Å². The molecule has 0 atom stereocenters. The number of hydrogen-bond acceptors (Lipinski definition) is 8. The highest BCUT2D eigenvalue weighted by Gasteiger charge is 2.14. The Balaban J connectivity index is 1.67. The number of carbonyl (C=O) groups excluding carboxylic acids is 1. The van der Waals surface area contributed by atoms with Crippen LogP contribution in [0.25, 0.3) is 0 Å². The van der Waals surface area contributed by atoms with E-state index < -0.39 is 4.92 Å². The zero-order valence-electron chi connectivity index (χ0n) is 16.8. The molecule has 1 amide bonds. The number of para-hydroxylation sites is 1. The number of methoxy groups -OCH3 is 1. The quantitative estimate of drug-likeness (QED) is 0.256. The Hall–Kier alpha value is -3.99. The largest absolute Gasteiger partial charge is 0.493 e. The molecule has 0 aliphatic rings. The van der Waals surface area contributed by atoms with Gasteiger partial charge in [0.05, 0.1) is 18.2 Å². The van der Waals surface area contributed by atoms with Crippen LogP contribution >= 0.6 is 15.9 Å². The lowest BCUT2D eigenvalue weighted by Crippen LogP contribution is -2.20. The zero-order valence-corrected chi connectivity index (χ0v) is 18.4. The molecule has 0 aliphatic carbocycles. The van der Waals surface area contributed by atoms with Crippen molar-refractivity contribution in [2.45, 2.75) is 0 Å². The van der Waals surface area contributed by atoms with Crippen LogP contribution in [0.4, 0.5) is 17.2 Å². The van der Waals surface area contributed by atoms with Gasteiger partial charge in [-0.3, -0.25) is 20.3 Å². The van der Waals surface area contributed by atoms with E-state index in [4.69, 9.17) is 9.47 Å². The molecule has 0 spiro atoms. The number of nitrogens with one attached hydrogen (secondary N) is 2. The van der Waals surface area contributed by atoms with Gasteiger partial charge < -0.3 is 14.8 Å². The maximum Gasteiger partial charge on any atom is 0.313 e. The fraction of sp³-hybridized carbons (Fsp3) is 0.0952. The van der Waals surface area contributed by atoms with E-state index in [1.807, 2.05) is 18.2 Å². The normalized spacial score (nSPS) is 10.6. The van der Waals surface area contributed by atoms with Crippen molar-refractivity contribution in [3.8, 4) is 11.5 Å². The lowest BCUT2D eigenvalue weighted by molar-refractivity contribution is -0.384. The van der Waals surface area contributed by atoms with E-state index in [9.17, 15) is 14.9 Å². The number of halogens is 1. The third kappa shape index (κ3) is 6.01. The van der Waals surface area contributed by atoms with Crippen molar-refractivity contribution in [1.82, 2.24) is 4.98 Å². The topological polar surface area (TPSA) is 128 Å². The molecule has 0 unspecified atom stereocenters. The van der Waals surface area contributed by atoms with Crippen LogP contribution in [0.15, 0.2) is 70.4 Å². The predicted octanol–water partition coefficient (Wildman–Crippen LogP) is 4.22. The second-order valence-corrected chi connectivity index (χ2v) is 7.08. The van der Waals surface area contributed by atoms with Crippen LogP contribution in [0.5, 0.6) is 11.5 Å². The minimum Gasteiger partial charge on any atom is -0.493 e. The van der Waals surface area contributed by atoms with Crippen LogP contribution in [-0.2, 0) is 4.79 Å². The summed E-state index contributed by atoms with van der Waals surface area (Å²) < 4.78 is 11.6. The number of benzene rings is 2. The highest BCUT2D eigenvalue weighted by atomic mass is 79.9. The number of carbonyl (C=O) groups is 1. The number of pyridine rings is 1. The fourth-order valence-corrected chi connectivity index (χ4v) is 3.00. The summed E-state index contributed by atoms with van der Waals surface area (Å²) in [6.07, 6.45) is 2.86. The number of hydrogen-bond donors (Lipinski definition) is 2. The molecule has 0 aliphatic heterocycles. The Morgan fingerprint density at radius 2 is 2.00 bits per heavy atom. The third-order valence-electron chi connectivity index (χ3n) is 4.06. The Bertz CT molecular complexity index is 1140. The Morgan fingerprint density at radius 3 is 2.72 bits per heavy atom. The number of amides is 1. The summed E-state index contributed by atoms with van der Waals surface area (Å²) in [5.41, 5.74) is 3.63. The fourth-order valence-electron chi connectivity index (χ4n) is 2.58. The van der Waals surface area contributed by atoms with Crippen molar-refractivity contribution in [2.75, 3.05) is 24.5 Å². The maximum atomic E-state index is 12.1. The Morgan fingerprint density at radius 1 is 1.22 bits per heavy atom. The van der Waals surface area contributed by atoms with Crippen molar-refractivity contribution in [1.29, 1.82) is 0 Å². The molecule has 3 rings (SSSR count). The van der Waals surface area contributed by atoms with Crippen LogP contribution in [-0.4, -0.2) is 35.7 Å². The summed E-state index contributed by atoms with van der Waals surface area (Å²) in [6, 6.07) is 15.1. The second kappa shape index (κ2) is 10.9. The van der Waals surface area contributed by atoms with Gasteiger partial charge in [0, 0.05) is 28.0 Å². The number of anilines is 2. The number of aromatic nitrogens is 1. The van der Waals surface area contributed by atoms with Gasteiger partial charge in [-0.25, -0.2) is 4.98 Å². The SMILES string of the molecule is COc1cc(/C=N\Nc2ncccc2[N+](=O)[O-])c(Br)cc1OCC(=O)Nc1ccccc1. The first-order valence-corrected chi connectivity index (χ1v) is 10.0. The van der Waals surface area contributed by atoms with Gasteiger partial charge in [0.2, 0.25) is 5.82 Å². The summed E-state index contributed by atoms with van der Waals surface area (Å²) in [4.78, 5) is 26.5. The predicted molar refractivity (Wildman–Crippen MR) is 123 cm³/mol. The molecule has 11 heteroatoms. The van der Waals surface area contributed by atoms with Crippen molar-refractivity contribution >= 4 is 45.2 Å². The van der Waals surface area contributed by atoms with E-state index in [1.54, 1.807) is 24.3 Å². The molecule has 1 aromatic heterocycles. The first kappa shape index (κ1) is 22.7. The summed E-state index contributed by atoms with van der Waals surface area (Å²) in [7, 11) is 1.47. The molecule has 1 heterocycles. The van der Waals surface area contributed by atoms with E-state index in [0.29, 0.717) is 27.2 Å². The number of nitrogens with zero attached hydrogens (tertiary/aromatic N) is 3. The van der Waals surface area contributed by atoms with Gasteiger partial charge in [-0.15, -0.1) is 0 Å². The molecule has 2 N–H and O–H groups in total. The van der Waals surface area contributed by atoms with Crippen LogP contribution in [0.3, 0.4) is 0 Å². The number of nitro groups is 1. The molecule has 2 aromatic carbocycles. The summed E-state index contributed by atoms with van der Waals surface area (Å²) in [5, 5.41) is 17.8. The van der Waals surface area contributed by atoms with Crippen LogP contribution < -0.4 is 20.2 Å². The number of rotatable bonds is 9. The lowest BCUT2D eigenvalue weighted by atomic mass is 10.2. The number of ether oxygens (including phenoxy) is 2. The molecule has 164 valence electrons. The third-order valence-corrected chi connectivity index (χ3v) is 4.74. The monoisotopic (exact) mass is 499 g/mol. The molecule has 3 aromatic rings.